The lowest BCUT2D eigenvalue weighted by molar-refractivity contribution is 0.0777. The van der Waals surface area contributed by atoms with Crippen LogP contribution in [0.1, 0.15) is 16.3 Å². The summed E-state index contributed by atoms with van der Waals surface area (Å²) in [5.41, 5.74) is 2.35. The number of nitrogens with one attached hydrogen (secondary N) is 2. The topological polar surface area (TPSA) is 77.7 Å². The Morgan fingerprint density at radius 3 is 2.95 bits per heavy atom. The maximum atomic E-state index is 12.0. The number of carbonyl (C=O) groups excluding carboxylic acids is 1. The van der Waals surface area contributed by atoms with Gasteiger partial charge in [0.05, 0.1) is 30.1 Å². The number of para-hydroxylation sites is 2. The Morgan fingerprint density at radius 2 is 2.21 bits per heavy atom. The minimum absolute atomic E-state index is 0.113. The van der Waals surface area contributed by atoms with Crippen molar-refractivity contribution < 1.29 is 4.79 Å². The summed E-state index contributed by atoms with van der Waals surface area (Å²) in [4.78, 5) is 27.9. The third kappa shape index (κ3) is 2.20. The van der Waals surface area contributed by atoms with E-state index in [0.717, 1.165) is 16.9 Å². The number of carbonyl (C=O) groups is 1. The highest BCUT2D eigenvalue weighted by molar-refractivity contribution is 5.91. The molecule has 3 rings (SSSR count). The lowest BCUT2D eigenvalue weighted by Crippen LogP contribution is -2.26. The molecule has 2 heterocycles. The normalized spacial score (nSPS) is 10.8. The van der Waals surface area contributed by atoms with Gasteiger partial charge in [0, 0.05) is 7.05 Å². The van der Waals surface area contributed by atoms with Crippen LogP contribution >= 0.6 is 0 Å². The number of H-pyrrole nitrogens is 2. The number of fused-ring (bicyclic) bond motifs is 1. The zero-order valence-corrected chi connectivity index (χ0v) is 10.4. The molecule has 19 heavy (non-hydrogen) atoms. The van der Waals surface area contributed by atoms with E-state index in [1.807, 2.05) is 24.3 Å². The molecule has 0 spiro atoms. The first kappa shape index (κ1) is 11.5. The second-order valence-corrected chi connectivity index (χ2v) is 4.33. The number of imidazole rings is 2. The van der Waals surface area contributed by atoms with E-state index in [-0.39, 0.29) is 5.91 Å². The van der Waals surface area contributed by atoms with Gasteiger partial charge in [-0.05, 0) is 12.1 Å². The third-order valence-corrected chi connectivity index (χ3v) is 2.90. The highest BCUT2D eigenvalue weighted by Crippen LogP contribution is 2.12. The molecule has 0 fully saturated rings. The fraction of sp³-hybridized carbons (Fsp3) is 0.154. The van der Waals surface area contributed by atoms with Crippen LogP contribution in [-0.4, -0.2) is 37.8 Å². The van der Waals surface area contributed by atoms with Crippen LogP contribution in [0.15, 0.2) is 36.8 Å². The van der Waals surface area contributed by atoms with Gasteiger partial charge in [-0.25, -0.2) is 9.97 Å². The number of hydrogen-bond donors (Lipinski definition) is 2. The number of nitrogens with zero attached hydrogens (tertiary/aromatic N) is 3. The standard InChI is InChI=1S/C13H13N5O/c1-18(13(19)11-6-14-8-15-11)7-12-16-9-4-2-3-5-10(9)17-12/h2-6,8H,7H2,1H3,(H,14,15)(H,16,17). The van der Waals surface area contributed by atoms with Crippen LogP contribution in [0.25, 0.3) is 11.0 Å². The molecule has 0 atom stereocenters. The summed E-state index contributed by atoms with van der Waals surface area (Å²) in [6, 6.07) is 7.78. The van der Waals surface area contributed by atoms with E-state index >= 15 is 0 Å². The summed E-state index contributed by atoms with van der Waals surface area (Å²) >= 11 is 0. The van der Waals surface area contributed by atoms with E-state index in [4.69, 9.17) is 0 Å². The second kappa shape index (κ2) is 4.56. The molecule has 1 aromatic carbocycles. The van der Waals surface area contributed by atoms with E-state index in [0.29, 0.717) is 12.2 Å². The van der Waals surface area contributed by atoms with E-state index in [1.165, 1.54) is 12.5 Å². The van der Waals surface area contributed by atoms with E-state index in [2.05, 4.69) is 19.9 Å². The number of aromatic amines is 2. The number of benzene rings is 1. The minimum Gasteiger partial charge on any atom is -0.341 e. The van der Waals surface area contributed by atoms with Gasteiger partial charge in [-0.15, -0.1) is 0 Å². The Bertz CT molecular complexity index is 668. The fourth-order valence-electron chi connectivity index (χ4n) is 1.96. The predicted molar refractivity (Wildman–Crippen MR) is 70.5 cm³/mol. The molecule has 0 radical (unpaired) electrons. The summed E-state index contributed by atoms with van der Waals surface area (Å²) in [6.07, 6.45) is 3.00. The van der Waals surface area contributed by atoms with Gasteiger partial charge < -0.3 is 14.9 Å². The minimum atomic E-state index is -0.113. The molecule has 96 valence electrons. The first-order chi connectivity index (χ1) is 9.24. The summed E-state index contributed by atoms with van der Waals surface area (Å²) in [6.45, 7) is 0.423. The average Bonchev–Trinajstić information content (AvgIpc) is 3.06. The Hall–Kier alpha value is -2.63. The molecule has 0 unspecified atom stereocenters. The first-order valence-electron chi connectivity index (χ1n) is 5.91. The number of hydrogen-bond acceptors (Lipinski definition) is 3. The Kier molecular flexibility index (Phi) is 2.75. The summed E-state index contributed by atoms with van der Waals surface area (Å²) in [5.74, 6) is 0.648. The quantitative estimate of drug-likeness (QED) is 0.745. The highest BCUT2D eigenvalue weighted by atomic mass is 16.2. The van der Waals surface area contributed by atoms with Crippen LogP contribution in [0.4, 0.5) is 0 Å². The van der Waals surface area contributed by atoms with Crippen LogP contribution in [0.2, 0.25) is 0 Å². The molecule has 0 saturated carbocycles. The Morgan fingerprint density at radius 1 is 1.37 bits per heavy atom. The second-order valence-electron chi connectivity index (χ2n) is 4.33. The Balaban J connectivity index is 1.79. The molecule has 6 nitrogen and oxygen atoms in total. The molecular formula is C13H13N5O. The summed E-state index contributed by atoms with van der Waals surface area (Å²) < 4.78 is 0. The van der Waals surface area contributed by atoms with Gasteiger partial charge in [0.15, 0.2) is 0 Å². The average molecular weight is 255 g/mol. The molecule has 0 bridgehead atoms. The van der Waals surface area contributed by atoms with Gasteiger partial charge in [0.25, 0.3) is 5.91 Å². The molecular weight excluding hydrogens is 242 g/mol. The molecule has 0 saturated heterocycles. The molecule has 1 amide bonds. The first-order valence-corrected chi connectivity index (χ1v) is 5.91. The molecule has 0 aliphatic rings. The van der Waals surface area contributed by atoms with Gasteiger partial charge in [0.2, 0.25) is 0 Å². The maximum Gasteiger partial charge on any atom is 0.272 e. The van der Waals surface area contributed by atoms with Crippen molar-refractivity contribution in [1.82, 2.24) is 24.8 Å². The number of rotatable bonds is 3. The highest BCUT2D eigenvalue weighted by Gasteiger charge is 2.14. The molecule has 0 aliphatic heterocycles. The monoisotopic (exact) mass is 255 g/mol. The van der Waals surface area contributed by atoms with Gasteiger partial charge in [-0.1, -0.05) is 12.1 Å². The summed E-state index contributed by atoms with van der Waals surface area (Å²) in [7, 11) is 1.73. The van der Waals surface area contributed by atoms with Crippen molar-refractivity contribution in [1.29, 1.82) is 0 Å². The third-order valence-electron chi connectivity index (χ3n) is 2.90. The van der Waals surface area contributed by atoms with Gasteiger partial charge >= 0.3 is 0 Å². The SMILES string of the molecule is CN(Cc1nc2ccccc2[nH]1)C(=O)c1cnc[nH]1. The van der Waals surface area contributed by atoms with E-state index < -0.39 is 0 Å². The van der Waals surface area contributed by atoms with Crippen LogP contribution in [0.3, 0.4) is 0 Å². The molecule has 6 heteroatoms. The van der Waals surface area contributed by atoms with Crippen molar-refractivity contribution in [3.05, 3.63) is 48.3 Å². The lowest BCUT2D eigenvalue weighted by atomic mass is 10.3. The fourth-order valence-corrected chi connectivity index (χ4v) is 1.96. The Labute approximate surface area is 109 Å². The van der Waals surface area contributed by atoms with Crippen LogP contribution in [0, 0.1) is 0 Å². The van der Waals surface area contributed by atoms with Gasteiger partial charge in [-0.2, -0.15) is 0 Å². The van der Waals surface area contributed by atoms with Crippen LogP contribution in [0.5, 0.6) is 0 Å². The van der Waals surface area contributed by atoms with Crippen LogP contribution < -0.4 is 0 Å². The molecule has 2 N–H and O–H groups in total. The van der Waals surface area contributed by atoms with Crippen molar-refractivity contribution in [2.45, 2.75) is 6.54 Å². The number of aromatic nitrogens is 4. The smallest absolute Gasteiger partial charge is 0.272 e. The lowest BCUT2D eigenvalue weighted by Gasteiger charge is -2.14. The van der Waals surface area contributed by atoms with Crippen molar-refractivity contribution in [2.24, 2.45) is 0 Å². The zero-order chi connectivity index (χ0) is 13.2. The largest absolute Gasteiger partial charge is 0.341 e. The van der Waals surface area contributed by atoms with Crippen LogP contribution in [-0.2, 0) is 6.54 Å². The van der Waals surface area contributed by atoms with Crippen molar-refractivity contribution in [3.8, 4) is 0 Å². The molecule has 2 aromatic heterocycles. The van der Waals surface area contributed by atoms with E-state index in [9.17, 15) is 4.79 Å². The van der Waals surface area contributed by atoms with Crippen molar-refractivity contribution >= 4 is 16.9 Å². The summed E-state index contributed by atoms with van der Waals surface area (Å²) in [5, 5.41) is 0. The van der Waals surface area contributed by atoms with Crippen molar-refractivity contribution in [2.75, 3.05) is 7.05 Å². The maximum absolute atomic E-state index is 12.0. The van der Waals surface area contributed by atoms with Crippen molar-refractivity contribution in [3.63, 3.8) is 0 Å². The molecule has 0 aliphatic carbocycles. The zero-order valence-electron chi connectivity index (χ0n) is 10.4. The predicted octanol–water partition coefficient (Wildman–Crippen LogP) is 1.56. The van der Waals surface area contributed by atoms with E-state index in [1.54, 1.807) is 11.9 Å². The van der Waals surface area contributed by atoms with Gasteiger partial charge in [0.1, 0.15) is 11.5 Å². The van der Waals surface area contributed by atoms with Gasteiger partial charge in [-0.3, -0.25) is 4.79 Å². The number of amides is 1. The molecule has 3 aromatic rings.